The highest BCUT2D eigenvalue weighted by Crippen LogP contribution is 2.10. The number of ether oxygens (including phenoxy) is 1. The van der Waals surface area contributed by atoms with Crippen molar-refractivity contribution in [2.24, 2.45) is 0 Å². The molecule has 0 aliphatic heterocycles. The van der Waals surface area contributed by atoms with Gasteiger partial charge in [-0.25, -0.2) is 4.98 Å². The Morgan fingerprint density at radius 1 is 1.79 bits per heavy atom. The molecule has 0 N–H and O–H groups in total. The van der Waals surface area contributed by atoms with Gasteiger partial charge in [0, 0.05) is 5.38 Å². The largest absolute Gasteiger partial charge is 0.466 e. The van der Waals surface area contributed by atoms with Crippen LogP contribution in [0.4, 0.5) is 0 Å². The maximum absolute atomic E-state index is 11.1. The predicted octanol–water partition coefficient (Wildman–Crippen LogP) is 1.31. The molecule has 0 unspecified atom stereocenters. The van der Waals surface area contributed by atoms with Gasteiger partial charge in [-0.1, -0.05) is 0 Å². The quantitative estimate of drug-likeness (QED) is 0.703. The molecule has 0 bridgehead atoms. The molecule has 1 aromatic heterocycles. The maximum Gasteiger partial charge on any atom is 0.311 e. The summed E-state index contributed by atoms with van der Waals surface area (Å²) in [6.07, 6.45) is 0.489. The van der Waals surface area contributed by atoms with Crippen molar-refractivity contribution in [3.05, 3.63) is 16.1 Å². The molecule has 5 heteroatoms. The van der Waals surface area contributed by atoms with E-state index in [-0.39, 0.29) is 12.4 Å². The Balaban J connectivity index is 2.51. The molecule has 0 amide bonds. The fourth-order valence-electron chi connectivity index (χ4n) is 0.939. The van der Waals surface area contributed by atoms with Crippen LogP contribution >= 0.6 is 11.3 Å². The smallest absolute Gasteiger partial charge is 0.311 e. The van der Waals surface area contributed by atoms with E-state index in [2.05, 4.69) is 4.98 Å². The molecule has 1 aromatic rings. The van der Waals surface area contributed by atoms with E-state index in [1.54, 1.807) is 12.3 Å². The second kappa shape index (κ2) is 5.35. The number of hydrogen-bond acceptors (Lipinski definition) is 5. The van der Waals surface area contributed by atoms with Crippen LogP contribution in [-0.2, 0) is 22.4 Å². The van der Waals surface area contributed by atoms with Gasteiger partial charge in [-0.3, -0.25) is 4.79 Å². The van der Waals surface area contributed by atoms with Crippen LogP contribution in [0, 0.1) is 11.3 Å². The van der Waals surface area contributed by atoms with Crippen molar-refractivity contribution >= 4 is 17.3 Å². The summed E-state index contributed by atoms with van der Waals surface area (Å²) in [6, 6.07) is 2.01. The molecule has 4 nitrogen and oxygen atoms in total. The van der Waals surface area contributed by atoms with Gasteiger partial charge in [-0.05, 0) is 6.92 Å². The molecule has 0 atom stereocenters. The summed E-state index contributed by atoms with van der Waals surface area (Å²) in [6.45, 7) is 2.15. The lowest BCUT2D eigenvalue weighted by Gasteiger charge is -1.97. The molecule has 74 valence electrons. The zero-order chi connectivity index (χ0) is 10.4. The van der Waals surface area contributed by atoms with Crippen LogP contribution in [0.15, 0.2) is 5.38 Å². The van der Waals surface area contributed by atoms with E-state index in [1.165, 1.54) is 11.3 Å². The van der Waals surface area contributed by atoms with Gasteiger partial charge in [0.15, 0.2) is 0 Å². The van der Waals surface area contributed by atoms with Crippen LogP contribution in [0.5, 0.6) is 0 Å². The minimum Gasteiger partial charge on any atom is -0.466 e. The first-order valence-electron chi connectivity index (χ1n) is 4.22. The molecule has 0 spiro atoms. The fourth-order valence-corrected chi connectivity index (χ4v) is 1.66. The van der Waals surface area contributed by atoms with Crippen molar-refractivity contribution in [3.63, 3.8) is 0 Å². The molecule has 0 saturated carbocycles. The summed E-state index contributed by atoms with van der Waals surface area (Å²) < 4.78 is 4.78. The summed E-state index contributed by atoms with van der Waals surface area (Å²) in [4.78, 5) is 15.2. The molecule has 0 aliphatic rings. The van der Waals surface area contributed by atoms with Crippen LogP contribution in [0.1, 0.15) is 17.6 Å². The van der Waals surface area contributed by atoms with Crippen LogP contribution in [0.25, 0.3) is 0 Å². The first kappa shape index (κ1) is 10.7. The van der Waals surface area contributed by atoms with Crippen LogP contribution in [0.3, 0.4) is 0 Å². The Hall–Kier alpha value is -1.41. The first-order chi connectivity index (χ1) is 6.76. The van der Waals surface area contributed by atoms with Gasteiger partial charge in [0.05, 0.1) is 31.2 Å². The van der Waals surface area contributed by atoms with E-state index in [0.29, 0.717) is 18.7 Å². The van der Waals surface area contributed by atoms with Gasteiger partial charge in [0.25, 0.3) is 0 Å². The molecule has 14 heavy (non-hydrogen) atoms. The third kappa shape index (κ3) is 3.15. The Morgan fingerprint density at radius 3 is 3.21 bits per heavy atom. The topological polar surface area (TPSA) is 63.0 Å². The van der Waals surface area contributed by atoms with Crippen molar-refractivity contribution < 1.29 is 9.53 Å². The normalized spacial score (nSPS) is 9.43. The van der Waals surface area contributed by atoms with Crippen LogP contribution < -0.4 is 0 Å². The third-order valence-electron chi connectivity index (χ3n) is 1.46. The number of thiazole rings is 1. The van der Waals surface area contributed by atoms with Crippen molar-refractivity contribution in [2.75, 3.05) is 6.61 Å². The van der Waals surface area contributed by atoms with E-state index < -0.39 is 0 Å². The Kier molecular flexibility index (Phi) is 4.08. The van der Waals surface area contributed by atoms with Crippen molar-refractivity contribution in [2.45, 2.75) is 19.8 Å². The van der Waals surface area contributed by atoms with E-state index in [0.717, 1.165) is 5.01 Å². The van der Waals surface area contributed by atoms with Gasteiger partial charge in [-0.15, -0.1) is 11.3 Å². The van der Waals surface area contributed by atoms with Gasteiger partial charge in [0.1, 0.15) is 5.01 Å². The van der Waals surface area contributed by atoms with E-state index in [9.17, 15) is 4.79 Å². The van der Waals surface area contributed by atoms with Crippen LogP contribution in [-0.4, -0.2) is 17.6 Å². The maximum atomic E-state index is 11.1. The van der Waals surface area contributed by atoms with Gasteiger partial charge in [-0.2, -0.15) is 5.26 Å². The second-order valence-corrected chi connectivity index (χ2v) is 3.49. The molecule has 0 aromatic carbocycles. The molecule has 0 saturated heterocycles. The number of carbonyl (C=O) groups is 1. The van der Waals surface area contributed by atoms with Gasteiger partial charge < -0.3 is 4.74 Å². The summed E-state index contributed by atoms with van der Waals surface area (Å²) in [5, 5.41) is 10.9. The van der Waals surface area contributed by atoms with Crippen molar-refractivity contribution in [3.8, 4) is 6.07 Å². The number of esters is 1. The van der Waals surface area contributed by atoms with Crippen LogP contribution in [0.2, 0.25) is 0 Å². The highest BCUT2D eigenvalue weighted by Gasteiger charge is 2.07. The molecule has 0 radical (unpaired) electrons. The van der Waals surface area contributed by atoms with Crippen molar-refractivity contribution in [1.29, 1.82) is 5.26 Å². The average Bonchev–Trinajstić information content (AvgIpc) is 2.53. The minimum atomic E-state index is -0.277. The zero-order valence-electron chi connectivity index (χ0n) is 7.82. The standard InChI is InChI=1S/C9H10N2O2S/c1-2-13-9(12)5-7-6-14-8(11-7)3-4-10/h6H,2-3,5H2,1H3. The lowest BCUT2D eigenvalue weighted by atomic mass is 10.3. The van der Waals surface area contributed by atoms with E-state index in [4.69, 9.17) is 10.00 Å². The highest BCUT2D eigenvalue weighted by molar-refractivity contribution is 7.09. The Bertz CT molecular complexity index is 354. The first-order valence-corrected chi connectivity index (χ1v) is 5.10. The lowest BCUT2D eigenvalue weighted by molar-refractivity contribution is -0.142. The summed E-state index contributed by atoms with van der Waals surface area (Å²) in [5.74, 6) is -0.277. The number of nitriles is 1. The Morgan fingerprint density at radius 2 is 2.57 bits per heavy atom. The second-order valence-electron chi connectivity index (χ2n) is 2.55. The summed E-state index contributed by atoms with van der Waals surface area (Å²) >= 11 is 1.39. The lowest BCUT2D eigenvalue weighted by Crippen LogP contribution is -2.07. The zero-order valence-corrected chi connectivity index (χ0v) is 8.63. The molecular weight excluding hydrogens is 200 g/mol. The number of rotatable bonds is 4. The number of carbonyl (C=O) groups excluding carboxylic acids is 1. The molecule has 0 aliphatic carbocycles. The number of nitrogens with zero attached hydrogens (tertiary/aromatic N) is 2. The summed E-state index contributed by atoms with van der Waals surface area (Å²) in [5.41, 5.74) is 0.679. The molecule has 1 heterocycles. The summed E-state index contributed by atoms with van der Waals surface area (Å²) in [7, 11) is 0. The molecule has 1 rings (SSSR count). The van der Waals surface area contributed by atoms with E-state index in [1.807, 2.05) is 6.07 Å². The predicted molar refractivity (Wildman–Crippen MR) is 51.8 cm³/mol. The van der Waals surface area contributed by atoms with Gasteiger partial charge in [0.2, 0.25) is 0 Å². The third-order valence-corrected chi connectivity index (χ3v) is 2.36. The molecule has 0 fully saturated rings. The van der Waals surface area contributed by atoms with Gasteiger partial charge >= 0.3 is 5.97 Å². The number of aromatic nitrogens is 1. The minimum absolute atomic E-state index is 0.190. The fraction of sp³-hybridized carbons (Fsp3) is 0.444. The SMILES string of the molecule is CCOC(=O)Cc1csc(CC#N)n1. The number of hydrogen-bond donors (Lipinski definition) is 0. The van der Waals surface area contributed by atoms with E-state index >= 15 is 0 Å². The molecular formula is C9H10N2O2S. The average molecular weight is 210 g/mol. The Labute approximate surface area is 86.1 Å². The van der Waals surface area contributed by atoms with Crippen molar-refractivity contribution in [1.82, 2.24) is 4.98 Å². The monoisotopic (exact) mass is 210 g/mol. The highest BCUT2D eigenvalue weighted by atomic mass is 32.1.